The maximum Gasteiger partial charge on any atom is 0.249 e. The second kappa shape index (κ2) is 56.2. The highest BCUT2D eigenvalue weighted by molar-refractivity contribution is 5.80. The lowest BCUT2D eigenvalue weighted by atomic mass is 10.0. The molecule has 0 aromatic rings. The lowest BCUT2D eigenvalue weighted by Gasteiger charge is -2.21. The van der Waals surface area contributed by atoms with Gasteiger partial charge in [-0.25, -0.2) is 0 Å². The van der Waals surface area contributed by atoms with Crippen LogP contribution < -0.4 is 5.32 Å². The summed E-state index contributed by atoms with van der Waals surface area (Å²) in [7, 11) is 0. The van der Waals surface area contributed by atoms with Gasteiger partial charge in [0.1, 0.15) is 6.10 Å². The maximum atomic E-state index is 12.6. The zero-order valence-electron chi connectivity index (χ0n) is 44.6. The van der Waals surface area contributed by atoms with Crippen LogP contribution in [0.5, 0.6) is 0 Å². The van der Waals surface area contributed by atoms with Crippen LogP contribution in [0.2, 0.25) is 0 Å². The molecule has 3 atom stereocenters. The second-order valence-corrected chi connectivity index (χ2v) is 20.5. The van der Waals surface area contributed by atoms with Crippen molar-refractivity contribution in [2.45, 2.75) is 340 Å². The Labute approximate surface area is 413 Å². The van der Waals surface area contributed by atoms with Crippen molar-refractivity contribution in [2.24, 2.45) is 0 Å². The Bertz CT molecular complexity index is 1020. The first-order valence-corrected chi connectivity index (χ1v) is 29.8. The highest BCUT2D eigenvalue weighted by Crippen LogP contribution is 2.17. The van der Waals surface area contributed by atoms with Crippen molar-refractivity contribution < 1.29 is 20.1 Å². The molecule has 0 bridgehead atoms. The Morgan fingerprint density at radius 3 is 0.924 bits per heavy atom. The maximum absolute atomic E-state index is 12.6. The summed E-state index contributed by atoms with van der Waals surface area (Å²) in [5.74, 6) is -0.508. The molecule has 66 heavy (non-hydrogen) atoms. The van der Waals surface area contributed by atoms with E-state index in [1.807, 2.05) is 6.08 Å². The molecule has 0 fully saturated rings. The van der Waals surface area contributed by atoms with Gasteiger partial charge in [0.25, 0.3) is 0 Å². The molecular formula is C61H117NO4. The number of carbonyl (C=O) groups excluding carboxylic acids is 1. The van der Waals surface area contributed by atoms with Crippen LogP contribution in [0.25, 0.3) is 0 Å². The summed E-state index contributed by atoms with van der Waals surface area (Å²) in [5, 5.41) is 33.4. The minimum absolute atomic E-state index is 0.374. The van der Waals surface area contributed by atoms with Crippen molar-refractivity contribution in [3.05, 3.63) is 36.5 Å². The van der Waals surface area contributed by atoms with Gasteiger partial charge in [-0.3, -0.25) is 4.79 Å². The summed E-state index contributed by atoms with van der Waals surface area (Å²) >= 11 is 0. The molecular weight excluding hydrogens is 811 g/mol. The molecule has 3 unspecified atom stereocenters. The quantitative estimate of drug-likeness (QED) is 0.0361. The van der Waals surface area contributed by atoms with Crippen molar-refractivity contribution in [1.82, 2.24) is 5.32 Å². The Balaban J connectivity index is 3.57. The Morgan fingerprint density at radius 1 is 0.364 bits per heavy atom. The first-order chi connectivity index (χ1) is 32.6. The van der Waals surface area contributed by atoms with E-state index >= 15 is 0 Å². The van der Waals surface area contributed by atoms with Crippen molar-refractivity contribution in [2.75, 3.05) is 6.61 Å². The number of unbranched alkanes of at least 4 members (excludes halogenated alkanes) is 43. The number of hydrogen-bond donors (Lipinski definition) is 4. The van der Waals surface area contributed by atoms with Crippen LogP contribution in [0.3, 0.4) is 0 Å². The van der Waals surface area contributed by atoms with Crippen molar-refractivity contribution in [3.63, 3.8) is 0 Å². The molecule has 0 saturated heterocycles. The van der Waals surface area contributed by atoms with Gasteiger partial charge in [-0.05, 0) is 57.8 Å². The lowest BCUT2D eigenvalue weighted by Crippen LogP contribution is -2.48. The third kappa shape index (κ3) is 50.4. The highest BCUT2D eigenvalue weighted by Gasteiger charge is 2.22. The van der Waals surface area contributed by atoms with Crippen LogP contribution in [-0.2, 0) is 4.79 Å². The van der Waals surface area contributed by atoms with Crippen LogP contribution >= 0.6 is 0 Å². The number of aliphatic hydroxyl groups excluding tert-OH is 3. The zero-order valence-corrected chi connectivity index (χ0v) is 44.6. The van der Waals surface area contributed by atoms with Crippen LogP contribution in [-0.4, -0.2) is 46.1 Å². The van der Waals surface area contributed by atoms with Crippen LogP contribution in [0.1, 0.15) is 322 Å². The minimum atomic E-state index is -1.11. The van der Waals surface area contributed by atoms with E-state index in [4.69, 9.17) is 0 Å². The number of aliphatic hydroxyl groups is 3. The van der Waals surface area contributed by atoms with E-state index in [2.05, 4.69) is 43.5 Å². The molecule has 5 nitrogen and oxygen atoms in total. The second-order valence-electron chi connectivity index (χ2n) is 20.5. The van der Waals surface area contributed by atoms with Gasteiger partial charge in [0.2, 0.25) is 5.91 Å². The van der Waals surface area contributed by atoms with Gasteiger partial charge in [0.05, 0.1) is 18.8 Å². The van der Waals surface area contributed by atoms with E-state index < -0.39 is 24.2 Å². The summed E-state index contributed by atoms with van der Waals surface area (Å²) < 4.78 is 0. The molecule has 0 spiro atoms. The van der Waals surface area contributed by atoms with Gasteiger partial charge in [0.15, 0.2) is 0 Å². The monoisotopic (exact) mass is 928 g/mol. The lowest BCUT2D eigenvalue weighted by molar-refractivity contribution is -0.131. The first-order valence-electron chi connectivity index (χ1n) is 29.8. The highest BCUT2D eigenvalue weighted by atomic mass is 16.3. The number of hydrogen-bond acceptors (Lipinski definition) is 4. The fourth-order valence-electron chi connectivity index (χ4n) is 9.32. The smallest absolute Gasteiger partial charge is 0.249 e. The predicted molar refractivity (Wildman–Crippen MR) is 291 cm³/mol. The molecule has 0 aliphatic carbocycles. The summed E-state index contributed by atoms with van der Waals surface area (Å²) in [4.78, 5) is 12.6. The third-order valence-electron chi connectivity index (χ3n) is 14.0. The van der Waals surface area contributed by atoms with Crippen LogP contribution in [0, 0.1) is 0 Å². The van der Waals surface area contributed by atoms with E-state index in [9.17, 15) is 20.1 Å². The predicted octanol–water partition coefficient (Wildman–Crippen LogP) is 18.6. The topological polar surface area (TPSA) is 89.8 Å². The fourth-order valence-corrected chi connectivity index (χ4v) is 9.32. The van der Waals surface area contributed by atoms with Gasteiger partial charge in [-0.15, -0.1) is 0 Å². The van der Waals surface area contributed by atoms with Gasteiger partial charge in [-0.1, -0.05) is 301 Å². The first kappa shape index (κ1) is 64.6. The van der Waals surface area contributed by atoms with E-state index in [0.717, 1.165) is 38.5 Å². The normalized spacial score (nSPS) is 13.5. The molecule has 5 heteroatoms. The molecule has 0 aliphatic rings. The molecule has 1 amide bonds. The van der Waals surface area contributed by atoms with Crippen molar-refractivity contribution >= 4 is 5.91 Å². The summed E-state index contributed by atoms with van der Waals surface area (Å²) in [6, 6.07) is -0.815. The van der Waals surface area contributed by atoms with Crippen LogP contribution in [0.15, 0.2) is 36.5 Å². The Morgan fingerprint density at radius 2 is 0.621 bits per heavy atom. The Kier molecular flexibility index (Phi) is 54.9. The van der Waals surface area contributed by atoms with Crippen LogP contribution in [0.4, 0.5) is 0 Å². The summed E-state index contributed by atoms with van der Waals surface area (Å²) in [6.45, 7) is 4.21. The van der Waals surface area contributed by atoms with Gasteiger partial charge < -0.3 is 20.6 Å². The third-order valence-corrected chi connectivity index (χ3v) is 14.0. The van der Waals surface area contributed by atoms with E-state index in [1.54, 1.807) is 6.08 Å². The number of amides is 1. The van der Waals surface area contributed by atoms with E-state index in [1.165, 1.54) is 263 Å². The molecule has 4 N–H and O–H groups in total. The largest absolute Gasteiger partial charge is 0.394 e. The minimum Gasteiger partial charge on any atom is -0.394 e. The molecule has 0 aromatic carbocycles. The van der Waals surface area contributed by atoms with E-state index in [-0.39, 0.29) is 6.61 Å². The molecule has 0 heterocycles. The van der Waals surface area contributed by atoms with Gasteiger partial charge in [-0.2, -0.15) is 0 Å². The number of rotatable bonds is 55. The van der Waals surface area contributed by atoms with Crippen molar-refractivity contribution in [1.29, 1.82) is 0 Å². The van der Waals surface area contributed by atoms with Crippen molar-refractivity contribution in [3.8, 4) is 0 Å². The summed E-state index contributed by atoms with van der Waals surface area (Å²) in [6.07, 6.45) is 73.8. The molecule has 0 rings (SSSR count). The number of nitrogens with one attached hydrogen (secondary N) is 1. The summed E-state index contributed by atoms with van der Waals surface area (Å²) in [5.41, 5.74) is 0. The van der Waals surface area contributed by atoms with Gasteiger partial charge in [0, 0.05) is 0 Å². The fraction of sp³-hybridized carbons (Fsp3) is 0.885. The Hall–Kier alpha value is -1.43. The number of carbonyl (C=O) groups is 1. The molecule has 0 saturated carbocycles. The molecule has 0 aliphatic heterocycles. The standard InChI is InChI=1S/C61H117NO4/c1-3-5-7-9-11-13-15-17-19-21-23-25-27-28-29-30-31-32-34-36-38-40-42-44-46-48-50-52-54-56-60(65)61(66)62-58(57-63)59(64)55-53-51-49-47-45-43-41-39-37-35-33-26-24-22-20-18-16-14-12-10-8-6-4-2/h28-29,45,47,53,55,58-60,63-65H,3-27,30-44,46,48-52,54,56-57H2,1-2H3,(H,62,66)/b29-28-,47-45+,55-53+. The number of allylic oxidation sites excluding steroid dienone is 5. The molecule has 0 aromatic heterocycles. The molecule has 390 valence electrons. The SMILES string of the molecule is CCCCCCCCCCCCCC/C=C\CCCCCCCCCCCCCCCC(O)C(=O)NC(CO)C(O)/C=C/CC/C=C/CCCCCCCCCCCCCCCCCCC. The average Bonchev–Trinajstić information content (AvgIpc) is 3.32. The zero-order chi connectivity index (χ0) is 47.9. The molecule has 0 radical (unpaired) electrons. The van der Waals surface area contributed by atoms with Gasteiger partial charge >= 0.3 is 0 Å². The van der Waals surface area contributed by atoms with E-state index in [0.29, 0.717) is 6.42 Å². The average molecular weight is 929 g/mol.